The van der Waals surface area contributed by atoms with Gasteiger partial charge in [-0.15, -0.1) is 0 Å². The van der Waals surface area contributed by atoms with Crippen molar-refractivity contribution in [2.45, 2.75) is 19.3 Å². The molecule has 1 heterocycles. The first-order valence-corrected chi connectivity index (χ1v) is 15.4. The summed E-state index contributed by atoms with van der Waals surface area (Å²) >= 11 is 0. The summed E-state index contributed by atoms with van der Waals surface area (Å²) in [4.78, 5) is 0. The van der Waals surface area contributed by atoms with Gasteiger partial charge in [-0.25, -0.2) is 0 Å². The highest BCUT2D eigenvalue weighted by Crippen LogP contribution is 2.53. The number of fused-ring (bicyclic) bond motifs is 8. The largest absolute Gasteiger partial charge is 0.309 e. The van der Waals surface area contributed by atoms with Crippen LogP contribution in [0.15, 0.2) is 152 Å². The Kier molecular flexibility index (Phi) is 5.31. The molecule has 1 aliphatic rings. The lowest BCUT2D eigenvalue weighted by molar-refractivity contribution is 0.661. The van der Waals surface area contributed by atoms with Gasteiger partial charge >= 0.3 is 0 Å². The molecule has 208 valence electrons. The Morgan fingerprint density at radius 3 is 1.89 bits per heavy atom. The second-order valence-electron chi connectivity index (χ2n) is 12.6. The molecule has 0 unspecified atom stereocenters. The van der Waals surface area contributed by atoms with Gasteiger partial charge in [-0.05, 0) is 80.0 Å². The van der Waals surface area contributed by atoms with Crippen LogP contribution in [0, 0.1) is 0 Å². The van der Waals surface area contributed by atoms with E-state index in [-0.39, 0.29) is 5.41 Å². The van der Waals surface area contributed by atoms with Gasteiger partial charge in [0.2, 0.25) is 0 Å². The molecule has 1 aromatic heterocycles. The van der Waals surface area contributed by atoms with E-state index < -0.39 is 0 Å². The second-order valence-corrected chi connectivity index (χ2v) is 12.6. The minimum absolute atomic E-state index is 0.0908. The molecule has 7 aromatic carbocycles. The summed E-state index contributed by atoms with van der Waals surface area (Å²) in [7, 11) is 0. The van der Waals surface area contributed by atoms with Crippen LogP contribution in [0.1, 0.15) is 25.0 Å². The van der Waals surface area contributed by atoms with Crippen molar-refractivity contribution in [2.75, 3.05) is 0 Å². The fourth-order valence-electron chi connectivity index (χ4n) is 7.54. The monoisotopic (exact) mass is 561 g/mol. The standard InChI is InChI=1S/C43H31N/c1-43(2)38-24-23-36-35-17-8-9-18-40(35)44(42(36)41(38)37-26-32-13-6-7-14-33(32)27-39(37)43)34-16-10-15-31(25-34)30-21-19-29(20-22-30)28-11-4-3-5-12-28/h3-27H,1-2H3. The number of para-hydroxylation sites is 1. The Bertz CT molecular complexity index is 2390. The van der Waals surface area contributed by atoms with E-state index in [2.05, 4.69) is 170 Å². The van der Waals surface area contributed by atoms with Crippen LogP contribution < -0.4 is 0 Å². The quantitative estimate of drug-likeness (QED) is 0.202. The third-order valence-electron chi connectivity index (χ3n) is 9.77. The van der Waals surface area contributed by atoms with Crippen LogP contribution in [0.4, 0.5) is 0 Å². The molecule has 0 amide bonds. The number of rotatable bonds is 3. The summed E-state index contributed by atoms with van der Waals surface area (Å²) in [6, 6.07) is 55.8. The molecule has 0 bridgehead atoms. The summed E-state index contributed by atoms with van der Waals surface area (Å²) in [5.74, 6) is 0. The van der Waals surface area contributed by atoms with Crippen molar-refractivity contribution in [1.29, 1.82) is 0 Å². The molecule has 1 nitrogen and oxygen atoms in total. The fourth-order valence-corrected chi connectivity index (χ4v) is 7.54. The lowest BCUT2D eigenvalue weighted by Gasteiger charge is -2.22. The number of hydrogen-bond acceptors (Lipinski definition) is 0. The maximum atomic E-state index is 2.51. The predicted molar refractivity (Wildman–Crippen MR) is 187 cm³/mol. The molecule has 0 saturated carbocycles. The van der Waals surface area contributed by atoms with Gasteiger partial charge in [0.15, 0.2) is 0 Å². The topological polar surface area (TPSA) is 4.93 Å². The van der Waals surface area contributed by atoms with E-state index in [1.165, 1.54) is 82.8 Å². The van der Waals surface area contributed by atoms with Crippen LogP contribution in [0.2, 0.25) is 0 Å². The zero-order chi connectivity index (χ0) is 29.4. The van der Waals surface area contributed by atoms with Gasteiger partial charge in [0, 0.05) is 27.4 Å². The van der Waals surface area contributed by atoms with Gasteiger partial charge in [-0.1, -0.05) is 135 Å². The molecule has 0 spiro atoms. The first-order valence-electron chi connectivity index (χ1n) is 15.4. The van der Waals surface area contributed by atoms with Crippen molar-refractivity contribution >= 4 is 32.6 Å². The smallest absolute Gasteiger partial charge is 0.0622 e. The van der Waals surface area contributed by atoms with E-state index in [0.29, 0.717) is 0 Å². The molecule has 0 N–H and O–H groups in total. The Morgan fingerprint density at radius 2 is 1.09 bits per heavy atom. The van der Waals surface area contributed by atoms with Crippen molar-refractivity contribution < 1.29 is 0 Å². The molecule has 0 atom stereocenters. The van der Waals surface area contributed by atoms with Crippen LogP contribution in [0.25, 0.3) is 71.6 Å². The molecule has 1 aliphatic carbocycles. The normalized spacial score (nSPS) is 13.4. The number of benzene rings is 7. The molecule has 1 heteroatoms. The van der Waals surface area contributed by atoms with E-state index in [1.807, 2.05) is 0 Å². The summed E-state index contributed by atoms with van der Waals surface area (Å²) in [5.41, 5.74) is 14.0. The molecule has 44 heavy (non-hydrogen) atoms. The predicted octanol–water partition coefficient (Wildman–Crippen LogP) is 11.6. The van der Waals surface area contributed by atoms with Crippen LogP contribution >= 0.6 is 0 Å². The van der Waals surface area contributed by atoms with E-state index in [0.717, 1.165) is 0 Å². The maximum absolute atomic E-state index is 2.51. The van der Waals surface area contributed by atoms with Crippen molar-refractivity contribution in [3.8, 4) is 39.1 Å². The third-order valence-corrected chi connectivity index (χ3v) is 9.77. The van der Waals surface area contributed by atoms with Crippen LogP contribution in [-0.2, 0) is 5.41 Å². The Hall–Kier alpha value is -5.40. The first-order chi connectivity index (χ1) is 21.6. The minimum atomic E-state index is -0.0908. The van der Waals surface area contributed by atoms with Gasteiger partial charge < -0.3 is 4.57 Å². The highest BCUT2D eigenvalue weighted by molar-refractivity contribution is 6.16. The Balaban J connectivity index is 1.29. The highest BCUT2D eigenvalue weighted by Gasteiger charge is 2.38. The van der Waals surface area contributed by atoms with Gasteiger partial charge in [-0.2, -0.15) is 0 Å². The van der Waals surface area contributed by atoms with Gasteiger partial charge in [0.1, 0.15) is 0 Å². The summed E-state index contributed by atoms with van der Waals surface area (Å²) < 4.78 is 2.51. The maximum Gasteiger partial charge on any atom is 0.0622 e. The Morgan fingerprint density at radius 1 is 0.455 bits per heavy atom. The molecule has 9 rings (SSSR count). The number of nitrogens with zero attached hydrogens (tertiary/aromatic N) is 1. The van der Waals surface area contributed by atoms with Gasteiger partial charge in [0.25, 0.3) is 0 Å². The fraction of sp³-hybridized carbons (Fsp3) is 0.0698. The van der Waals surface area contributed by atoms with Gasteiger partial charge in [0.05, 0.1) is 11.0 Å². The molecule has 0 radical (unpaired) electrons. The van der Waals surface area contributed by atoms with Gasteiger partial charge in [-0.3, -0.25) is 0 Å². The molecular weight excluding hydrogens is 530 g/mol. The number of hydrogen-bond donors (Lipinski definition) is 0. The molecular formula is C43H31N. The number of aromatic nitrogens is 1. The third kappa shape index (κ3) is 3.59. The van der Waals surface area contributed by atoms with Crippen molar-refractivity contribution in [3.05, 3.63) is 163 Å². The zero-order valence-electron chi connectivity index (χ0n) is 24.9. The summed E-state index contributed by atoms with van der Waals surface area (Å²) in [6.07, 6.45) is 0. The summed E-state index contributed by atoms with van der Waals surface area (Å²) in [5, 5.41) is 5.18. The summed E-state index contributed by atoms with van der Waals surface area (Å²) in [6.45, 7) is 4.76. The van der Waals surface area contributed by atoms with E-state index in [4.69, 9.17) is 0 Å². The second kappa shape index (κ2) is 9.30. The molecule has 8 aromatic rings. The average molecular weight is 562 g/mol. The SMILES string of the molecule is CC1(C)c2cc3ccccc3cc2-c2c1ccc1c3ccccc3n(-c3cccc(-c4ccc(-c5ccccc5)cc4)c3)c21. The van der Waals surface area contributed by atoms with Crippen molar-refractivity contribution in [2.24, 2.45) is 0 Å². The van der Waals surface area contributed by atoms with E-state index >= 15 is 0 Å². The molecule has 0 fully saturated rings. The first kappa shape index (κ1) is 25.1. The lowest BCUT2D eigenvalue weighted by atomic mass is 9.82. The lowest BCUT2D eigenvalue weighted by Crippen LogP contribution is -2.14. The molecule has 0 saturated heterocycles. The Labute approximate surface area is 257 Å². The van der Waals surface area contributed by atoms with Crippen LogP contribution in [-0.4, -0.2) is 4.57 Å². The molecule has 0 aliphatic heterocycles. The van der Waals surface area contributed by atoms with Crippen LogP contribution in [0.3, 0.4) is 0 Å². The van der Waals surface area contributed by atoms with Crippen LogP contribution in [0.5, 0.6) is 0 Å². The zero-order valence-corrected chi connectivity index (χ0v) is 24.9. The van der Waals surface area contributed by atoms with Crippen molar-refractivity contribution in [3.63, 3.8) is 0 Å². The highest BCUT2D eigenvalue weighted by atomic mass is 15.0. The average Bonchev–Trinajstić information content (AvgIpc) is 3.53. The van der Waals surface area contributed by atoms with Crippen molar-refractivity contribution in [1.82, 2.24) is 4.57 Å². The van der Waals surface area contributed by atoms with E-state index in [1.54, 1.807) is 0 Å². The van der Waals surface area contributed by atoms with E-state index in [9.17, 15) is 0 Å². The minimum Gasteiger partial charge on any atom is -0.309 e.